The van der Waals surface area contributed by atoms with Crippen LogP contribution in [0.4, 0.5) is 0 Å². The standard InChI is InChI=1S/C14H19ClN2O3/c1-3-7-16-13(18)9-17-14(19)10(2)20-12-6-4-5-11(15)8-12/h4-6,8,10H,3,7,9H2,1-2H3,(H,16,18)(H,17,19). The van der Waals surface area contributed by atoms with E-state index in [0.717, 1.165) is 6.42 Å². The van der Waals surface area contributed by atoms with E-state index >= 15 is 0 Å². The maximum absolute atomic E-state index is 11.8. The van der Waals surface area contributed by atoms with Gasteiger partial charge in [-0.3, -0.25) is 9.59 Å². The van der Waals surface area contributed by atoms with Gasteiger partial charge >= 0.3 is 0 Å². The summed E-state index contributed by atoms with van der Waals surface area (Å²) in [7, 11) is 0. The van der Waals surface area contributed by atoms with Gasteiger partial charge in [-0.25, -0.2) is 0 Å². The van der Waals surface area contributed by atoms with Crippen molar-refractivity contribution in [1.82, 2.24) is 10.6 Å². The number of hydrogen-bond donors (Lipinski definition) is 2. The number of carbonyl (C=O) groups is 2. The largest absolute Gasteiger partial charge is 0.481 e. The van der Waals surface area contributed by atoms with Crippen molar-refractivity contribution >= 4 is 23.4 Å². The van der Waals surface area contributed by atoms with Crippen LogP contribution in [0.1, 0.15) is 20.3 Å². The second-order valence-electron chi connectivity index (χ2n) is 4.29. The first kappa shape index (κ1) is 16.3. The molecule has 0 aliphatic carbocycles. The van der Waals surface area contributed by atoms with Gasteiger partial charge in [0.2, 0.25) is 5.91 Å². The lowest BCUT2D eigenvalue weighted by Crippen LogP contribution is -2.42. The van der Waals surface area contributed by atoms with Crippen molar-refractivity contribution in [2.45, 2.75) is 26.4 Å². The first-order chi connectivity index (χ1) is 9.52. The second-order valence-corrected chi connectivity index (χ2v) is 4.72. The van der Waals surface area contributed by atoms with E-state index in [0.29, 0.717) is 17.3 Å². The van der Waals surface area contributed by atoms with Crippen LogP contribution in [-0.4, -0.2) is 31.0 Å². The van der Waals surface area contributed by atoms with Crippen LogP contribution in [0.25, 0.3) is 0 Å². The van der Waals surface area contributed by atoms with Crippen molar-refractivity contribution in [3.63, 3.8) is 0 Å². The lowest BCUT2D eigenvalue weighted by Gasteiger charge is -2.14. The van der Waals surface area contributed by atoms with E-state index in [1.165, 1.54) is 0 Å². The van der Waals surface area contributed by atoms with Crippen molar-refractivity contribution in [2.75, 3.05) is 13.1 Å². The monoisotopic (exact) mass is 298 g/mol. The Balaban J connectivity index is 2.37. The van der Waals surface area contributed by atoms with E-state index in [9.17, 15) is 9.59 Å². The molecule has 0 heterocycles. The summed E-state index contributed by atoms with van der Waals surface area (Å²) >= 11 is 5.83. The maximum atomic E-state index is 11.8. The van der Waals surface area contributed by atoms with Gasteiger partial charge in [-0.1, -0.05) is 24.6 Å². The number of rotatable bonds is 7. The lowest BCUT2D eigenvalue weighted by atomic mass is 10.3. The smallest absolute Gasteiger partial charge is 0.261 e. The highest BCUT2D eigenvalue weighted by atomic mass is 35.5. The zero-order valence-electron chi connectivity index (χ0n) is 11.6. The van der Waals surface area contributed by atoms with E-state index in [4.69, 9.17) is 16.3 Å². The number of benzene rings is 1. The molecule has 20 heavy (non-hydrogen) atoms. The van der Waals surface area contributed by atoms with Gasteiger partial charge in [0.15, 0.2) is 6.10 Å². The first-order valence-electron chi connectivity index (χ1n) is 6.49. The van der Waals surface area contributed by atoms with Crippen LogP contribution >= 0.6 is 11.6 Å². The van der Waals surface area contributed by atoms with Gasteiger partial charge in [-0.2, -0.15) is 0 Å². The predicted molar refractivity (Wildman–Crippen MR) is 77.9 cm³/mol. The summed E-state index contributed by atoms with van der Waals surface area (Å²) in [6.07, 6.45) is 0.154. The molecule has 1 aromatic carbocycles. The molecule has 0 bridgehead atoms. The third-order valence-corrected chi connectivity index (χ3v) is 2.71. The van der Waals surface area contributed by atoms with Crippen molar-refractivity contribution in [3.05, 3.63) is 29.3 Å². The molecule has 2 amide bonds. The van der Waals surface area contributed by atoms with Crippen molar-refractivity contribution in [1.29, 1.82) is 0 Å². The summed E-state index contributed by atoms with van der Waals surface area (Å²) in [6, 6.07) is 6.79. The lowest BCUT2D eigenvalue weighted by molar-refractivity contribution is -0.130. The molecule has 110 valence electrons. The quantitative estimate of drug-likeness (QED) is 0.806. The fraction of sp³-hybridized carbons (Fsp3) is 0.429. The normalized spacial score (nSPS) is 11.6. The average Bonchev–Trinajstić information content (AvgIpc) is 2.42. The van der Waals surface area contributed by atoms with Gasteiger partial charge in [0.1, 0.15) is 5.75 Å². The molecular formula is C14H19ClN2O3. The molecule has 0 fully saturated rings. The number of hydrogen-bond acceptors (Lipinski definition) is 3. The molecule has 1 atom stereocenters. The van der Waals surface area contributed by atoms with E-state index in [1.54, 1.807) is 31.2 Å². The van der Waals surface area contributed by atoms with E-state index in [2.05, 4.69) is 10.6 Å². The van der Waals surface area contributed by atoms with Crippen LogP contribution < -0.4 is 15.4 Å². The number of carbonyl (C=O) groups excluding carboxylic acids is 2. The van der Waals surface area contributed by atoms with Crippen molar-refractivity contribution in [3.8, 4) is 5.75 Å². The topological polar surface area (TPSA) is 67.4 Å². The Hall–Kier alpha value is -1.75. The van der Waals surface area contributed by atoms with E-state index in [1.807, 2.05) is 6.92 Å². The van der Waals surface area contributed by atoms with Crippen molar-refractivity contribution < 1.29 is 14.3 Å². The zero-order valence-corrected chi connectivity index (χ0v) is 12.4. The molecule has 0 aliphatic heterocycles. The summed E-state index contributed by atoms with van der Waals surface area (Å²) in [5.74, 6) is -0.0534. The van der Waals surface area contributed by atoms with Gasteiger partial charge < -0.3 is 15.4 Å². The molecular weight excluding hydrogens is 280 g/mol. The number of ether oxygens (including phenoxy) is 1. The van der Waals surface area contributed by atoms with E-state index in [-0.39, 0.29) is 18.4 Å². The first-order valence-corrected chi connectivity index (χ1v) is 6.87. The average molecular weight is 299 g/mol. The molecule has 0 radical (unpaired) electrons. The van der Waals surface area contributed by atoms with Crippen LogP contribution in [0.15, 0.2) is 24.3 Å². The maximum Gasteiger partial charge on any atom is 0.261 e. The summed E-state index contributed by atoms with van der Waals surface area (Å²) in [5, 5.41) is 5.73. The molecule has 0 aromatic heterocycles. The van der Waals surface area contributed by atoms with Crippen LogP contribution in [0.3, 0.4) is 0 Å². The molecule has 1 unspecified atom stereocenters. The molecule has 0 saturated heterocycles. The second kappa shape index (κ2) is 8.43. The number of nitrogens with one attached hydrogen (secondary N) is 2. The van der Waals surface area contributed by atoms with Gasteiger partial charge in [0, 0.05) is 11.6 Å². The summed E-state index contributed by atoms with van der Waals surface area (Å²) in [6.45, 7) is 4.12. The number of halogens is 1. The van der Waals surface area contributed by atoms with Gasteiger partial charge in [0.25, 0.3) is 5.91 Å². The third-order valence-electron chi connectivity index (χ3n) is 2.47. The molecule has 0 saturated carbocycles. The molecule has 1 rings (SSSR count). The van der Waals surface area contributed by atoms with Gasteiger partial charge in [-0.15, -0.1) is 0 Å². The van der Waals surface area contributed by atoms with Crippen LogP contribution in [0.2, 0.25) is 5.02 Å². The van der Waals surface area contributed by atoms with Gasteiger partial charge in [-0.05, 0) is 31.5 Å². The van der Waals surface area contributed by atoms with Crippen molar-refractivity contribution in [2.24, 2.45) is 0 Å². The molecule has 0 aliphatic rings. The Morgan fingerprint density at radius 2 is 2.10 bits per heavy atom. The molecule has 6 heteroatoms. The third kappa shape index (κ3) is 5.93. The minimum Gasteiger partial charge on any atom is -0.481 e. The minimum absolute atomic E-state index is 0.0535. The van der Waals surface area contributed by atoms with Crippen LogP contribution in [0, 0.1) is 0 Å². The molecule has 5 nitrogen and oxygen atoms in total. The highest BCUT2D eigenvalue weighted by Crippen LogP contribution is 2.18. The minimum atomic E-state index is -0.701. The SMILES string of the molecule is CCCNC(=O)CNC(=O)C(C)Oc1cccc(Cl)c1. The highest BCUT2D eigenvalue weighted by molar-refractivity contribution is 6.30. The Morgan fingerprint density at radius 3 is 2.75 bits per heavy atom. The van der Waals surface area contributed by atoms with E-state index < -0.39 is 6.10 Å². The van der Waals surface area contributed by atoms with Gasteiger partial charge in [0.05, 0.1) is 6.54 Å². The van der Waals surface area contributed by atoms with Crippen LogP contribution in [0.5, 0.6) is 5.75 Å². The highest BCUT2D eigenvalue weighted by Gasteiger charge is 2.15. The predicted octanol–water partition coefficient (Wildman–Crippen LogP) is 1.75. The summed E-state index contributed by atoms with van der Waals surface area (Å²) < 4.78 is 5.44. The Labute approximate surface area is 123 Å². The summed E-state index contributed by atoms with van der Waals surface area (Å²) in [4.78, 5) is 23.1. The zero-order chi connectivity index (χ0) is 15.0. The Bertz CT molecular complexity index is 465. The number of amides is 2. The van der Waals surface area contributed by atoms with Crippen LogP contribution in [-0.2, 0) is 9.59 Å². The fourth-order valence-electron chi connectivity index (χ4n) is 1.44. The molecule has 1 aromatic rings. The Kier molecular flexibility index (Phi) is 6.87. The molecule has 0 spiro atoms. The Morgan fingerprint density at radius 1 is 1.35 bits per heavy atom. The fourth-order valence-corrected chi connectivity index (χ4v) is 1.62. The summed E-state index contributed by atoms with van der Waals surface area (Å²) in [5.41, 5.74) is 0. The molecule has 2 N–H and O–H groups in total.